The SMILES string of the molecule is CC(C)OC(=O)COc1c(Cl)cc(C=Nn2c(-c3cc4cc(Cl)ccc4o3)nc3ccccc3c2=O)cc1[N+](=O)[O-]. The molecule has 208 valence electrons. The Morgan fingerprint density at radius 2 is 1.95 bits per heavy atom. The number of esters is 1. The molecule has 0 aliphatic rings. The Hall–Kier alpha value is -4.74. The maximum absolute atomic E-state index is 13.5. The van der Waals surface area contributed by atoms with Crippen molar-refractivity contribution in [3.63, 3.8) is 0 Å². The summed E-state index contributed by atoms with van der Waals surface area (Å²) in [6.45, 7) is 2.75. The molecule has 0 saturated heterocycles. The average molecular weight is 595 g/mol. The molecule has 0 bridgehead atoms. The van der Waals surface area contributed by atoms with Crippen LogP contribution in [0.4, 0.5) is 5.69 Å². The van der Waals surface area contributed by atoms with Crippen LogP contribution in [0.3, 0.4) is 0 Å². The zero-order valence-corrected chi connectivity index (χ0v) is 23.0. The molecule has 0 unspecified atom stereocenters. The van der Waals surface area contributed by atoms with Crippen molar-refractivity contribution >= 4 is 62.9 Å². The molecule has 0 aliphatic heterocycles. The summed E-state index contributed by atoms with van der Waals surface area (Å²) in [7, 11) is 0. The predicted molar refractivity (Wildman–Crippen MR) is 154 cm³/mol. The van der Waals surface area contributed by atoms with Gasteiger partial charge in [-0.2, -0.15) is 9.78 Å². The van der Waals surface area contributed by atoms with Crippen molar-refractivity contribution < 1.29 is 23.6 Å². The molecule has 3 aromatic carbocycles. The minimum absolute atomic E-state index is 0.0986. The molecular weight excluding hydrogens is 575 g/mol. The van der Waals surface area contributed by atoms with Gasteiger partial charge in [-0.25, -0.2) is 9.78 Å². The lowest BCUT2D eigenvalue weighted by atomic mass is 10.2. The van der Waals surface area contributed by atoms with Gasteiger partial charge in [-0.15, -0.1) is 0 Å². The van der Waals surface area contributed by atoms with E-state index in [1.807, 2.05) is 0 Å². The fraction of sp³-hybridized carbons (Fsp3) is 0.143. The third-order valence-electron chi connectivity index (χ3n) is 5.72. The maximum atomic E-state index is 13.5. The molecule has 0 amide bonds. The van der Waals surface area contributed by atoms with Crippen molar-refractivity contribution in [3.05, 3.63) is 96.7 Å². The number of hydrogen-bond donors (Lipinski definition) is 0. The highest BCUT2D eigenvalue weighted by atomic mass is 35.5. The van der Waals surface area contributed by atoms with Gasteiger partial charge in [0.1, 0.15) is 5.58 Å². The predicted octanol–water partition coefficient (Wildman–Crippen LogP) is 6.24. The molecule has 2 aromatic heterocycles. The van der Waals surface area contributed by atoms with E-state index in [9.17, 15) is 19.7 Å². The van der Waals surface area contributed by atoms with Gasteiger partial charge < -0.3 is 13.9 Å². The summed E-state index contributed by atoms with van der Waals surface area (Å²) in [4.78, 5) is 41.0. The zero-order valence-electron chi connectivity index (χ0n) is 21.5. The van der Waals surface area contributed by atoms with Crippen LogP contribution in [0.15, 0.2) is 75.0 Å². The smallest absolute Gasteiger partial charge is 0.344 e. The summed E-state index contributed by atoms with van der Waals surface area (Å²) in [5, 5.41) is 17.5. The highest BCUT2D eigenvalue weighted by Crippen LogP contribution is 2.36. The highest BCUT2D eigenvalue weighted by molar-refractivity contribution is 6.32. The number of aromatic nitrogens is 2. The zero-order chi connectivity index (χ0) is 29.3. The second-order valence-corrected chi connectivity index (χ2v) is 9.89. The van der Waals surface area contributed by atoms with Crippen molar-refractivity contribution in [1.29, 1.82) is 0 Å². The Balaban J connectivity index is 1.58. The first-order valence-electron chi connectivity index (χ1n) is 12.2. The van der Waals surface area contributed by atoms with E-state index in [1.165, 1.54) is 12.3 Å². The van der Waals surface area contributed by atoms with E-state index in [0.717, 1.165) is 10.7 Å². The van der Waals surface area contributed by atoms with E-state index in [2.05, 4.69) is 10.1 Å². The van der Waals surface area contributed by atoms with E-state index in [-0.39, 0.29) is 34.0 Å². The van der Waals surface area contributed by atoms with Crippen molar-refractivity contribution in [2.24, 2.45) is 5.10 Å². The van der Waals surface area contributed by atoms with Gasteiger partial charge >= 0.3 is 11.7 Å². The van der Waals surface area contributed by atoms with E-state index in [4.69, 9.17) is 37.1 Å². The second-order valence-electron chi connectivity index (χ2n) is 9.04. The van der Waals surface area contributed by atoms with Crippen LogP contribution in [0, 0.1) is 10.1 Å². The second kappa shape index (κ2) is 11.4. The van der Waals surface area contributed by atoms with Gasteiger partial charge in [0.05, 0.1) is 33.2 Å². The first-order chi connectivity index (χ1) is 19.6. The minimum atomic E-state index is -0.709. The number of carbonyl (C=O) groups excluding carboxylic acids is 1. The quantitative estimate of drug-likeness (QED) is 0.0890. The summed E-state index contributed by atoms with van der Waals surface area (Å²) in [6.07, 6.45) is 0.835. The van der Waals surface area contributed by atoms with E-state index in [1.54, 1.807) is 62.4 Å². The van der Waals surface area contributed by atoms with Gasteiger partial charge in [-0.3, -0.25) is 14.9 Å². The molecule has 0 saturated carbocycles. The summed E-state index contributed by atoms with van der Waals surface area (Å²) < 4.78 is 17.3. The minimum Gasteiger partial charge on any atom is -0.474 e. The molecule has 2 heterocycles. The molecule has 13 heteroatoms. The fourth-order valence-corrected chi connectivity index (χ4v) is 4.48. The van der Waals surface area contributed by atoms with Gasteiger partial charge in [-0.05, 0) is 56.3 Å². The number of nitro groups is 1. The van der Waals surface area contributed by atoms with Crippen molar-refractivity contribution in [2.45, 2.75) is 20.0 Å². The van der Waals surface area contributed by atoms with E-state index < -0.39 is 28.7 Å². The topological polar surface area (TPSA) is 139 Å². The van der Waals surface area contributed by atoms with Crippen molar-refractivity contribution in [3.8, 4) is 17.3 Å². The van der Waals surface area contributed by atoms with Crippen LogP contribution in [-0.2, 0) is 9.53 Å². The monoisotopic (exact) mass is 594 g/mol. The standard InChI is InChI=1S/C28H20Cl2N4O7/c1-15(2)40-25(35)14-39-26-20(30)9-16(10-22(26)34(37)38)13-31-33-27(32-21-6-4-3-5-19(21)28(33)36)24-12-17-11-18(29)7-8-23(17)41-24/h3-13,15H,14H2,1-2H3. The molecule has 0 N–H and O–H groups in total. The lowest BCUT2D eigenvalue weighted by Crippen LogP contribution is -2.20. The number of ether oxygens (including phenoxy) is 2. The Morgan fingerprint density at radius 3 is 2.71 bits per heavy atom. The maximum Gasteiger partial charge on any atom is 0.344 e. The number of para-hydroxylation sites is 1. The highest BCUT2D eigenvalue weighted by Gasteiger charge is 2.22. The van der Waals surface area contributed by atoms with Crippen LogP contribution in [-0.4, -0.2) is 39.5 Å². The van der Waals surface area contributed by atoms with Crippen LogP contribution >= 0.6 is 23.2 Å². The Morgan fingerprint density at radius 1 is 1.17 bits per heavy atom. The summed E-state index contributed by atoms with van der Waals surface area (Å²) >= 11 is 12.4. The number of benzene rings is 3. The molecule has 0 aliphatic carbocycles. The van der Waals surface area contributed by atoms with Gasteiger partial charge in [-0.1, -0.05) is 35.3 Å². The van der Waals surface area contributed by atoms with Gasteiger partial charge in [0, 0.05) is 22.0 Å². The van der Waals surface area contributed by atoms with Crippen molar-refractivity contribution in [2.75, 3.05) is 6.61 Å². The largest absolute Gasteiger partial charge is 0.474 e. The van der Waals surface area contributed by atoms with Crippen LogP contribution in [0.25, 0.3) is 33.5 Å². The van der Waals surface area contributed by atoms with Crippen molar-refractivity contribution in [1.82, 2.24) is 9.66 Å². The van der Waals surface area contributed by atoms with Crippen LogP contribution in [0.5, 0.6) is 5.75 Å². The molecule has 0 radical (unpaired) electrons. The normalized spacial score (nSPS) is 11.5. The van der Waals surface area contributed by atoms with E-state index >= 15 is 0 Å². The summed E-state index contributed by atoms with van der Waals surface area (Å²) in [5.41, 5.74) is 0.131. The number of furan rings is 1. The Labute approximate surface area is 241 Å². The molecule has 0 fully saturated rings. The van der Waals surface area contributed by atoms with E-state index in [0.29, 0.717) is 26.9 Å². The number of nitro benzene ring substituents is 1. The van der Waals surface area contributed by atoms with Crippen LogP contribution in [0.2, 0.25) is 10.0 Å². The molecular formula is C28H20Cl2N4O7. The number of rotatable bonds is 8. The Bertz CT molecular complexity index is 1910. The van der Waals surface area contributed by atoms with Gasteiger partial charge in [0.25, 0.3) is 5.56 Å². The van der Waals surface area contributed by atoms with Gasteiger partial charge in [0.15, 0.2) is 12.4 Å². The number of hydrogen-bond acceptors (Lipinski definition) is 9. The fourth-order valence-electron chi connectivity index (χ4n) is 4.02. The summed E-state index contributed by atoms with van der Waals surface area (Å²) in [6, 6.07) is 16.0. The lowest BCUT2D eigenvalue weighted by Gasteiger charge is -2.11. The first kappa shape index (κ1) is 27.8. The van der Waals surface area contributed by atoms with Crippen LogP contribution < -0.4 is 10.3 Å². The molecule has 11 nitrogen and oxygen atoms in total. The number of fused-ring (bicyclic) bond motifs is 2. The third kappa shape index (κ3) is 5.91. The number of nitrogens with zero attached hydrogens (tertiary/aromatic N) is 4. The summed E-state index contributed by atoms with van der Waals surface area (Å²) in [5.74, 6) is -0.662. The molecule has 5 aromatic rings. The molecule has 0 atom stereocenters. The lowest BCUT2D eigenvalue weighted by molar-refractivity contribution is -0.385. The molecule has 41 heavy (non-hydrogen) atoms. The average Bonchev–Trinajstić information content (AvgIpc) is 3.34. The molecule has 5 rings (SSSR count). The Kier molecular flexibility index (Phi) is 7.73. The number of carbonyl (C=O) groups is 1. The van der Waals surface area contributed by atoms with Crippen LogP contribution in [0.1, 0.15) is 19.4 Å². The first-order valence-corrected chi connectivity index (χ1v) is 12.9. The number of halogens is 2. The third-order valence-corrected chi connectivity index (χ3v) is 6.24. The van der Waals surface area contributed by atoms with Gasteiger partial charge in [0.2, 0.25) is 11.6 Å². The molecule has 0 spiro atoms.